The Kier molecular flexibility index (Phi) is 5.27. The van der Waals surface area contributed by atoms with E-state index in [1.807, 2.05) is 6.92 Å². The van der Waals surface area contributed by atoms with Gasteiger partial charge in [-0.1, -0.05) is 26.0 Å². The third kappa shape index (κ3) is 3.78. The lowest BCUT2D eigenvalue weighted by Gasteiger charge is -2.39. The normalized spacial score (nSPS) is 29.3. The van der Waals surface area contributed by atoms with Crippen LogP contribution >= 0.6 is 0 Å². The first-order valence-corrected chi connectivity index (χ1v) is 10.5. The lowest BCUT2D eigenvalue weighted by molar-refractivity contribution is 0.00440. The summed E-state index contributed by atoms with van der Waals surface area (Å²) >= 11 is 0. The monoisotopic (exact) mass is 358 g/mol. The van der Waals surface area contributed by atoms with Crippen LogP contribution in [0.3, 0.4) is 0 Å². The van der Waals surface area contributed by atoms with Gasteiger partial charge in [-0.05, 0) is 48.9 Å². The van der Waals surface area contributed by atoms with Gasteiger partial charge in [-0.3, -0.25) is 0 Å². The number of nitrogens with one attached hydrogen (secondary N) is 1. The SMILES string of the molecule is CCC(O)CN1CCC2(CC1)Cc1cc(C3CC[C@H](C)CN3)ccc1O2. The number of aliphatic hydroxyl groups is 1. The van der Waals surface area contributed by atoms with Gasteiger partial charge in [0.25, 0.3) is 0 Å². The Hall–Kier alpha value is -1.10. The van der Waals surface area contributed by atoms with Crippen LogP contribution in [0.15, 0.2) is 18.2 Å². The van der Waals surface area contributed by atoms with Gasteiger partial charge in [-0.2, -0.15) is 0 Å². The molecule has 0 aromatic heterocycles. The van der Waals surface area contributed by atoms with E-state index in [-0.39, 0.29) is 11.7 Å². The summed E-state index contributed by atoms with van der Waals surface area (Å²) in [6.45, 7) is 8.36. The Morgan fingerprint density at radius 3 is 2.81 bits per heavy atom. The number of aliphatic hydroxyl groups excluding tert-OH is 1. The smallest absolute Gasteiger partial charge is 0.123 e. The fraction of sp³-hybridized carbons (Fsp3) is 0.727. The number of benzene rings is 1. The Morgan fingerprint density at radius 2 is 2.12 bits per heavy atom. The molecule has 144 valence electrons. The number of ether oxygens (including phenoxy) is 1. The van der Waals surface area contributed by atoms with Crippen molar-refractivity contribution in [3.8, 4) is 5.75 Å². The zero-order valence-corrected chi connectivity index (χ0v) is 16.3. The van der Waals surface area contributed by atoms with Crippen molar-refractivity contribution < 1.29 is 9.84 Å². The summed E-state index contributed by atoms with van der Waals surface area (Å²) in [7, 11) is 0. The predicted octanol–water partition coefficient (Wildman–Crippen LogP) is 3.29. The predicted molar refractivity (Wildman–Crippen MR) is 105 cm³/mol. The van der Waals surface area contributed by atoms with Crippen molar-refractivity contribution in [2.45, 2.75) is 70.1 Å². The van der Waals surface area contributed by atoms with Crippen LogP contribution in [-0.2, 0) is 6.42 Å². The third-order valence-electron chi connectivity index (χ3n) is 6.69. The van der Waals surface area contributed by atoms with Gasteiger partial charge in [-0.15, -0.1) is 0 Å². The highest BCUT2D eigenvalue weighted by Crippen LogP contribution is 2.42. The van der Waals surface area contributed by atoms with Crippen molar-refractivity contribution in [3.63, 3.8) is 0 Å². The average Bonchev–Trinajstić information content (AvgIpc) is 3.01. The van der Waals surface area contributed by atoms with E-state index in [9.17, 15) is 5.11 Å². The lowest BCUT2D eigenvalue weighted by atomic mass is 9.86. The van der Waals surface area contributed by atoms with Crippen molar-refractivity contribution in [1.29, 1.82) is 0 Å². The summed E-state index contributed by atoms with van der Waals surface area (Å²) in [5, 5.41) is 13.6. The number of hydrogen-bond donors (Lipinski definition) is 2. The summed E-state index contributed by atoms with van der Waals surface area (Å²) in [5.41, 5.74) is 2.81. The van der Waals surface area contributed by atoms with Crippen molar-refractivity contribution in [2.24, 2.45) is 5.92 Å². The Bertz CT molecular complexity index is 617. The molecule has 3 aliphatic heterocycles. The highest BCUT2D eigenvalue weighted by Gasteiger charge is 2.42. The maximum Gasteiger partial charge on any atom is 0.123 e. The Labute approximate surface area is 157 Å². The van der Waals surface area contributed by atoms with Crippen LogP contribution in [-0.4, -0.2) is 47.9 Å². The zero-order chi connectivity index (χ0) is 18.1. The summed E-state index contributed by atoms with van der Waals surface area (Å²) in [6.07, 6.45) is 6.36. The van der Waals surface area contributed by atoms with Crippen LogP contribution in [0.25, 0.3) is 0 Å². The van der Waals surface area contributed by atoms with Gasteiger partial charge in [0.15, 0.2) is 0 Å². The number of likely N-dealkylation sites (tertiary alicyclic amines) is 1. The van der Waals surface area contributed by atoms with E-state index in [4.69, 9.17) is 4.74 Å². The topological polar surface area (TPSA) is 44.7 Å². The molecular formula is C22H34N2O2. The summed E-state index contributed by atoms with van der Waals surface area (Å²) in [4.78, 5) is 2.39. The minimum Gasteiger partial charge on any atom is -0.487 e. The van der Waals surface area contributed by atoms with Crippen LogP contribution in [0.2, 0.25) is 0 Å². The molecule has 0 saturated carbocycles. The minimum absolute atomic E-state index is 0.0108. The van der Waals surface area contributed by atoms with Crippen molar-refractivity contribution in [3.05, 3.63) is 29.3 Å². The molecule has 2 fully saturated rings. The van der Waals surface area contributed by atoms with Gasteiger partial charge in [-0.25, -0.2) is 0 Å². The second kappa shape index (κ2) is 7.49. The molecule has 3 heterocycles. The van der Waals surface area contributed by atoms with E-state index in [1.165, 1.54) is 24.0 Å². The molecule has 26 heavy (non-hydrogen) atoms. The van der Waals surface area contributed by atoms with Gasteiger partial charge in [0.1, 0.15) is 11.4 Å². The van der Waals surface area contributed by atoms with E-state index < -0.39 is 0 Å². The van der Waals surface area contributed by atoms with Crippen LogP contribution in [0, 0.1) is 5.92 Å². The first-order chi connectivity index (χ1) is 12.6. The molecule has 2 N–H and O–H groups in total. The molecule has 0 bridgehead atoms. The first kappa shape index (κ1) is 18.3. The number of fused-ring (bicyclic) bond motifs is 1. The standard InChI is InChI=1S/C22H34N2O2/c1-3-19(25)15-24-10-8-22(9-11-24)13-18-12-17(5-7-21(18)26-22)20-6-4-16(2)14-23-20/h5,7,12,16,19-20,23,25H,3-4,6,8-11,13-15H2,1-2H3/t16-,19?,20?/m0/s1. The van der Waals surface area contributed by atoms with Gasteiger partial charge in [0.05, 0.1) is 6.10 Å². The zero-order valence-electron chi connectivity index (χ0n) is 16.3. The summed E-state index contributed by atoms with van der Waals surface area (Å²) in [6, 6.07) is 7.36. The van der Waals surface area contributed by atoms with Crippen molar-refractivity contribution >= 4 is 0 Å². The number of hydrogen-bond acceptors (Lipinski definition) is 4. The molecule has 4 nitrogen and oxygen atoms in total. The highest BCUT2D eigenvalue weighted by molar-refractivity contribution is 5.43. The quantitative estimate of drug-likeness (QED) is 0.867. The summed E-state index contributed by atoms with van der Waals surface area (Å²) < 4.78 is 6.46. The Balaban J connectivity index is 1.38. The number of piperidine rings is 2. The molecule has 2 saturated heterocycles. The molecule has 3 atom stereocenters. The molecular weight excluding hydrogens is 324 g/mol. The molecule has 0 radical (unpaired) electrons. The fourth-order valence-corrected chi connectivity index (χ4v) is 4.80. The van der Waals surface area contributed by atoms with E-state index in [0.29, 0.717) is 6.04 Å². The molecule has 3 aliphatic rings. The summed E-state index contributed by atoms with van der Waals surface area (Å²) in [5.74, 6) is 1.89. The molecule has 4 heteroatoms. The van der Waals surface area contributed by atoms with E-state index in [2.05, 4.69) is 35.3 Å². The largest absolute Gasteiger partial charge is 0.487 e. The van der Waals surface area contributed by atoms with Crippen LogP contribution in [0.1, 0.15) is 63.1 Å². The minimum atomic E-state index is -0.195. The fourth-order valence-electron chi connectivity index (χ4n) is 4.80. The molecule has 0 amide bonds. The van der Waals surface area contributed by atoms with Crippen molar-refractivity contribution in [2.75, 3.05) is 26.2 Å². The third-order valence-corrected chi connectivity index (χ3v) is 6.69. The highest BCUT2D eigenvalue weighted by atomic mass is 16.5. The maximum absolute atomic E-state index is 9.90. The number of β-amino-alcohol motifs (C(OH)–C–C–N with tert-alkyl or cyclic N) is 1. The second-order valence-electron chi connectivity index (χ2n) is 8.84. The maximum atomic E-state index is 9.90. The van der Waals surface area contributed by atoms with Gasteiger partial charge in [0, 0.05) is 44.9 Å². The second-order valence-corrected chi connectivity index (χ2v) is 8.84. The number of nitrogens with zero attached hydrogens (tertiary/aromatic N) is 1. The van der Waals surface area contributed by atoms with Gasteiger partial charge >= 0.3 is 0 Å². The Morgan fingerprint density at radius 1 is 1.31 bits per heavy atom. The molecule has 1 spiro atoms. The molecule has 0 aliphatic carbocycles. The van der Waals surface area contributed by atoms with Gasteiger partial charge in [0.2, 0.25) is 0 Å². The molecule has 1 aromatic rings. The molecule has 1 aromatic carbocycles. The van der Waals surface area contributed by atoms with Crippen molar-refractivity contribution in [1.82, 2.24) is 10.2 Å². The van der Waals surface area contributed by atoms with Crippen LogP contribution in [0.5, 0.6) is 5.75 Å². The van der Waals surface area contributed by atoms with Crippen LogP contribution < -0.4 is 10.1 Å². The van der Waals surface area contributed by atoms with Gasteiger partial charge < -0.3 is 20.1 Å². The van der Waals surface area contributed by atoms with E-state index >= 15 is 0 Å². The average molecular weight is 359 g/mol. The molecule has 4 rings (SSSR count). The van der Waals surface area contributed by atoms with E-state index in [0.717, 1.165) is 63.5 Å². The molecule has 2 unspecified atom stereocenters. The van der Waals surface area contributed by atoms with E-state index in [1.54, 1.807) is 0 Å². The van der Waals surface area contributed by atoms with Crippen LogP contribution in [0.4, 0.5) is 0 Å². The first-order valence-electron chi connectivity index (χ1n) is 10.5. The number of rotatable bonds is 4. The lowest BCUT2D eigenvalue weighted by Crippen LogP contribution is -2.48.